The van der Waals surface area contributed by atoms with Crippen LogP contribution < -0.4 is 5.32 Å². The average Bonchev–Trinajstić information content (AvgIpc) is 3.31. The van der Waals surface area contributed by atoms with Crippen molar-refractivity contribution in [2.45, 2.75) is 23.9 Å². The van der Waals surface area contributed by atoms with Crippen molar-refractivity contribution in [1.82, 2.24) is 18.8 Å². The molecule has 1 aliphatic rings. The molecular weight excluding hydrogens is 467 g/mol. The number of benzene rings is 2. The molecule has 1 aliphatic heterocycles. The lowest BCUT2D eigenvalue weighted by Crippen LogP contribution is -2.42. The Labute approximate surface area is 202 Å². The zero-order valence-corrected chi connectivity index (χ0v) is 19.8. The molecule has 178 valence electrons. The molecule has 1 N–H and O–H groups in total. The maximum Gasteiger partial charge on any atom is 0.262 e. The van der Waals surface area contributed by atoms with Crippen LogP contribution in [0.2, 0.25) is 0 Å². The van der Waals surface area contributed by atoms with Gasteiger partial charge in [-0.05, 0) is 59.7 Å². The third kappa shape index (κ3) is 4.48. The van der Waals surface area contributed by atoms with Crippen molar-refractivity contribution >= 4 is 26.5 Å². The normalized spacial score (nSPS) is 15.2. The summed E-state index contributed by atoms with van der Waals surface area (Å²) < 4.78 is 43.1. The van der Waals surface area contributed by atoms with Gasteiger partial charge in [-0.3, -0.25) is 4.98 Å². The van der Waals surface area contributed by atoms with E-state index >= 15 is 0 Å². The van der Waals surface area contributed by atoms with E-state index < -0.39 is 15.8 Å². The summed E-state index contributed by atoms with van der Waals surface area (Å²) in [5.41, 5.74) is 2.33. The van der Waals surface area contributed by atoms with E-state index in [-0.39, 0.29) is 16.6 Å². The van der Waals surface area contributed by atoms with Gasteiger partial charge in [-0.25, -0.2) is 17.8 Å². The maximum atomic E-state index is 14.3. The summed E-state index contributed by atoms with van der Waals surface area (Å²) in [6, 6.07) is 12.3. The second-order valence-corrected chi connectivity index (χ2v) is 10.5. The van der Waals surface area contributed by atoms with Crippen LogP contribution in [-0.4, -0.2) is 46.4 Å². The van der Waals surface area contributed by atoms with Gasteiger partial charge < -0.3 is 9.88 Å². The molecular formula is C25H23FN6O2S. The van der Waals surface area contributed by atoms with Gasteiger partial charge in [0.15, 0.2) is 5.03 Å². The molecule has 1 fully saturated rings. The molecule has 0 aliphatic carbocycles. The largest absolute Gasteiger partial charge is 0.382 e. The van der Waals surface area contributed by atoms with E-state index in [2.05, 4.69) is 15.3 Å². The Bertz CT molecular complexity index is 1550. The van der Waals surface area contributed by atoms with Crippen LogP contribution in [0.15, 0.2) is 66.3 Å². The van der Waals surface area contributed by atoms with Gasteiger partial charge in [-0.1, -0.05) is 6.07 Å². The van der Waals surface area contributed by atoms with E-state index in [1.54, 1.807) is 30.1 Å². The standard InChI is InChI=1S/C25H23FN6O2S/c1-31-15-25(29-16-31)35(33,34)32-8-5-21(6-9-32)30-24-12-20(10-18-4-7-28-14-22(18)24)17-2-3-19(13-27)23(26)11-17/h2-4,7,10-12,14-16,21,30H,5-6,8-9H2,1H3. The summed E-state index contributed by atoms with van der Waals surface area (Å²) in [4.78, 5) is 8.26. The number of anilines is 1. The van der Waals surface area contributed by atoms with Crippen molar-refractivity contribution in [3.05, 3.63) is 72.7 Å². The first-order valence-corrected chi connectivity index (χ1v) is 12.6. The zero-order valence-electron chi connectivity index (χ0n) is 19.0. The Kier molecular flexibility index (Phi) is 5.96. The van der Waals surface area contributed by atoms with Crippen molar-refractivity contribution in [2.24, 2.45) is 7.05 Å². The number of pyridine rings is 1. The highest BCUT2D eigenvalue weighted by Gasteiger charge is 2.31. The van der Waals surface area contributed by atoms with E-state index in [1.807, 2.05) is 24.3 Å². The molecule has 1 saturated heterocycles. The summed E-state index contributed by atoms with van der Waals surface area (Å²) in [5.74, 6) is -0.559. The fourth-order valence-electron chi connectivity index (χ4n) is 4.38. The molecule has 4 aromatic rings. The number of rotatable bonds is 5. The van der Waals surface area contributed by atoms with Crippen molar-refractivity contribution in [3.8, 4) is 17.2 Å². The summed E-state index contributed by atoms with van der Waals surface area (Å²) in [5, 5.41) is 14.5. The van der Waals surface area contributed by atoms with Crippen LogP contribution in [0.3, 0.4) is 0 Å². The molecule has 5 rings (SSSR count). The molecule has 2 aromatic carbocycles. The number of aromatic nitrogens is 3. The number of nitrogens with zero attached hydrogens (tertiary/aromatic N) is 5. The molecule has 3 heterocycles. The Morgan fingerprint density at radius 2 is 1.94 bits per heavy atom. The first kappa shape index (κ1) is 23.0. The van der Waals surface area contributed by atoms with Gasteiger partial charge in [0.2, 0.25) is 0 Å². The van der Waals surface area contributed by atoms with Crippen molar-refractivity contribution in [2.75, 3.05) is 18.4 Å². The maximum absolute atomic E-state index is 14.3. The monoisotopic (exact) mass is 490 g/mol. The number of piperidine rings is 1. The van der Waals surface area contributed by atoms with Crippen molar-refractivity contribution in [3.63, 3.8) is 0 Å². The number of fused-ring (bicyclic) bond motifs is 1. The molecule has 0 saturated carbocycles. The van der Waals surface area contributed by atoms with Gasteiger partial charge in [-0.2, -0.15) is 9.57 Å². The second kappa shape index (κ2) is 9.09. The van der Waals surface area contributed by atoms with E-state index in [9.17, 15) is 12.8 Å². The van der Waals surface area contributed by atoms with Gasteiger partial charge in [0.1, 0.15) is 11.9 Å². The Morgan fingerprint density at radius 1 is 1.14 bits per heavy atom. The van der Waals surface area contributed by atoms with Crippen LogP contribution in [0.25, 0.3) is 21.9 Å². The number of hydrogen-bond donors (Lipinski definition) is 1. The third-order valence-corrected chi connectivity index (χ3v) is 8.06. The second-order valence-electron chi connectivity index (χ2n) is 8.63. The lowest BCUT2D eigenvalue weighted by Gasteiger charge is -2.32. The molecule has 0 radical (unpaired) electrons. The molecule has 0 atom stereocenters. The van der Waals surface area contributed by atoms with Crippen molar-refractivity contribution < 1.29 is 12.8 Å². The van der Waals surface area contributed by atoms with Gasteiger partial charge in [0, 0.05) is 55.8 Å². The first-order valence-electron chi connectivity index (χ1n) is 11.2. The minimum atomic E-state index is -3.62. The molecule has 0 bridgehead atoms. The lowest BCUT2D eigenvalue weighted by atomic mass is 9.98. The van der Waals surface area contributed by atoms with E-state index in [1.165, 1.54) is 29.0 Å². The van der Waals surface area contributed by atoms with Gasteiger partial charge in [0.05, 0.1) is 11.9 Å². The number of halogens is 1. The minimum absolute atomic E-state index is 0.00417. The summed E-state index contributed by atoms with van der Waals surface area (Å²) in [7, 11) is -1.88. The predicted octanol–water partition coefficient (Wildman–Crippen LogP) is 3.91. The average molecular weight is 491 g/mol. The fraction of sp³-hybridized carbons (Fsp3) is 0.240. The van der Waals surface area contributed by atoms with Crippen molar-refractivity contribution in [1.29, 1.82) is 5.26 Å². The molecule has 8 nitrogen and oxygen atoms in total. The van der Waals surface area contributed by atoms with Gasteiger partial charge >= 0.3 is 0 Å². The van der Waals surface area contributed by atoms with E-state index in [4.69, 9.17) is 5.26 Å². The molecule has 10 heteroatoms. The number of hydrogen-bond acceptors (Lipinski definition) is 6. The highest BCUT2D eigenvalue weighted by Crippen LogP contribution is 2.33. The fourth-order valence-corrected chi connectivity index (χ4v) is 5.82. The van der Waals surface area contributed by atoms with E-state index in [0.717, 1.165) is 22.0 Å². The highest BCUT2D eigenvalue weighted by molar-refractivity contribution is 7.89. The molecule has 0 amide bonds. The molecule has 35 heavy (non-hydrogen) atoms. The quantitative estimate of drug-likeness (QED) is 0.455. The SMILES string of the molecule is Cn1cnc(S(=O)(=O)N2CCC(Nc3cc(-c4ccc(C#N)c(F)c4)cc4ccncc34)CC2)c1. The number of imidazole rings is 1. The molecule has 0 spiro atoms. The van der Waals surface area contributed by atoms with Gasteiger partial charge in [0.25, 0.3) is 10.0 Å². The predicted molar refractivity (Wildman–Crippen MR) is 130 cm³/mol. The third-order valence-electron chi connectivity index (χ3n) is 6.28. The highest BCUT2D eigenvalue weighted by atomic mass is 32.2. The lowest BCUT2D eigenvalue weighted by molar-refractivity contribution is 0.329. The molecule has 2 aromatic heterocycles. The summed E-state index contributed by atoms with van der Waals surface area (Å²) in [6.45, 7) is 0.764. The summed E-state index contributed by atoms with van der Waals surface area (Å²) in [6.07, 6.45) is 7.73. The topological polar surface area (TPSA) is 104 Å². The number of aryl methyl sites for hydroxylation is 1. The van der Waals surface area contributed by atoms with Crippen LogP contribution in [0.1, 0.15) is 18.4 Å². The van der Waals surface area contributed by atoms with Crippen LogP contribution in [0.4, 0.5) is 10.1 Å². The Balaban J connectivity index is 1.39. The Morgan fingerprint density at radius 3 is 2.63 bits per heavy atom. The van der Waals surface area contributed by atoms with Crippen LogP contribution >= 0.6 is 0 Å². The minimum Gasteiger partial charge on any atom is -0.382 e. The number of nitriles is 1. The van der Waals surface area contributed by atoms with Gasteiger partial charge in [-0.15, -0.1) is 0 Å². The van der Waals surface area contributed by atoms with Crippen LogP contribution in [-0.2, 0) is 17.1 Å². The molecule has 0 unspecified atom stereocenters. The number of sulfonamides is 1. The first-order chi connectivity index (χ1) is 16.8. The zero-order chi connectivity index (χ0) is 24.6. The van der Waals surface area contributed by atoms with Crippen LogP contribution in [0.5, 0.6) is 0 Å². The Hall–Kier alpha value is -3.81. The van der Waals surface area contributed by atoms with Crippen LogP contribution in [0, 0.1) is 17.1 Å². The smallest absolute Gasteiger partial charge is 0.262 e. The number of nitrogens with one attached hydrogen (secondary N) is 1. The van der Waals surface area contributed by atoms with E-state index in [0.29, 0.717) is 31.5 Å². The summed E-state index contributed by atoms with van der Waals surface area (Å²) >= 11 is 0.